The van der Waals surface area contributed by atoms with Crippen LogP contribution in [0.3, 0.4) is 0 Å². The number of carbonyl (C=O) groups excluding carboxylic acids is 1. The second-order valence-corrected chi connectivity index (χ2v) is 6.50. The van der Waals surface area contributed by atoms with Crippen molar-refractivity contribution < 1.29 is 14.4 Å². The first-order valence-electron chi connectivity index (χ1n) is 7.98. The zero-order chi connectivity index (χ0) is 17.6. The Kier molecular flexibility index (Phi) is 5.52. The van der Waals surface area contributed by atoms with Gasteiger partial charge in [0, 0.05) is 24.6 Å². The molecule has 25 heavy (non-hydrogen) atoms. The van der Waals surface area contributed by atoms with Crippen molar-refractivity contribution in [1.82, 2.24) is 20.7 Å². The molecule has 0 bridgehead atoms. The zero-order valence-electron chi connectivity index (χ0n) is 13.7. The third kappa shape index (κ3) is 4.28. The number of aromatic nitrogens is 3. The van der Waals surface area contributed by atoms with Crippen molar-refractivity contribution >= 4 is 17.2 Å². The molecule has 3 rings (SSSR count). The molecule has 0 radical (unpaired) electrons. The first kappa shape index (κ1) is 17.2. The van der Waals surface area contributed by atoms with Crippen molar-refractivity contribution in [3.63, 3.8) is 0 Å². The summed E-state index contributed by atoms with van der Waals surface area (Å²) in [7, 11) is 0. The summed E-state index contributed by atoms with van der Waals surface area (Å²) in [5.41, 5.74) is 1.10. The van der Waals surface area contributed by atoms with Crippen molar-refractivity contribution in [3.8, 4) is 11.3 Å². The lowest BCUT2D eigenvalue weighted by molar-refractivity contribution is 0.0945. The van der Waals surface area contributed by atoms with E-state index in [0.717, 1.165) is 10.6 Å². The number of hydrogen-bond donors (Lipinski definition) is 2. The third-order valence-corrected chi connectivity index (χ3v) is 4.66. The van der Waals surface area contributed by atoms with Gasteiger partial charge in [-0.3, -0.25) is 4.79 Å². The molecule has 0 saturated heterocycles. The molecule has 0 saturated carbocycles. The minimum atomic E-state index is -0.577. The Balaban J connectivity index is 1.53. The van der Waals surface area contributed by atoms with Crippen molar-refractivity contribution in [2.45, 2.75) is 25.9 Å². The van der Waals surface area contributed by atoms with Crippen LogP contribution in [-0.4, -0.2) is 32.9 Å². The summed E-state index contributed by atoms with van der Waals surface area (Å²) in [5, 5.41) is 25.7. The van der Waals surface area contributed by atoms with E-state index in [-0.39, 0.29) is 11.6 Å². The van der Waals surface area contributed by atoms with E-state index in [1.807, 2.05) is 37.3 Å². The second-order valence-electron chi connectivity index (χ2n) is 5.41. The minimum Gasteiger partial charge on any atom is -0.386 e. The average Bonchev–Trinajstić information content (AvgIpc) is 3.31. The smallest absolute Gasteiger partial charge is 0.273 e. The largest absolute Gasteiger partial charge is 0.386 e. The number of nitrogens with one attached hydrogen (secondary N) is 1. The van der Waals surface area contributed by atoms with Crippen LogP contribution in [0.2, 0.25) is 0 Å². The SMILES string of the molecule is CC[C@H](O)c1nnc(CCNC(=O)c2cc(-c3ccccc3)on2)s1. The zero-order valence-corrected chi connectivity index (χ0v) is 14.5. The predicted molar refractivity (Wildman–Crippen MR) is 93.1 cm³/mol. The molecule has 3 aromatic rings. The van der Waals surface area contributed by atoms with Crippen LogP contribution < -0.4 is 5.32 Å². The molecule has 2 aromatic heterocycles. The molecular formula is C17H18N4O3S. The van der Waals surface area contributed by atoms with E-state index >= 15 is 0 Å². The van der Waals surface area contributed by atoms with Crippen molar-refractivity contribution in [3.05, 3.63) is 52.1 Å². The molecule has 0 spiro atoms. The molecule has 2 heterocycles. The fourth-order valence-corrected chi connectivity index (χ4v) is 3.08. The number of aliphatic hydroxyl groups is 1. The molecule has 7 nitrogen and oxygen atoms in total. The predicted octanol–water partition coefficient (Wildman–Crippen LogP) is 2.61. The van der Waals surface area contributed by atoms with Gasteiger partial charge in [-0.1, -0.05) is 53.7 Å². The average molecular weight is 358 g/mol. The van der Waals surface area contributed by atoms with Gasteiger partial charge in [-0.2, -0.15) is 0 Å². The molecule has 0 aliphatic heterocycles. The van der Waals surface area contributed by atoms with Gasteiger partial charge in [-0.25, -0.2) is 0 Å². The van der Waals surface area contributed by atoms with E-state index in [4.69, 9.17) is 4.52 Å². The highest BCUT2D eigenvalue weighted by molar-refractivity contribution is 7.11. The summed E-state index contributed by atoms with van der Waals surface area (Å²) in [6.45, 7) is 2.29. The lowest BCUT2D eigenvalue weighted by atomic mass is 10.1. The van der Waals surface area contributed by atoms with Crippen LogP contribution in [0.5, 0.6) is 0 Å². The highest BCUT2D eigenvalue weighted by Gasteiger charge is 2.14. The summed E-state index contributed by atoms with van der Waals surface area (Å²) in [4.78, 5) is 12.1. The normalized spacial score (nSPS) is 12.1. The monoisotopic (exact) mass is 358 g/mol. The number of nitrogens with zero attached hydrogens (tertiary/aromatic N) is 3. The van der Waals surface area contributed by atoms with Gasteiger partial charge in [0.05, 0.1) is 0 Å². The molecule has 2 N–H and O–H groups in total. The molecule has 0 unspecified atom stereocenters. The van der Waals surface area contributed by atoms with Crippen LogP contribution in [0.15, 0.2) is 40.9 Å². The summed E-state index contributed by atoms with van der Waals surface area (Å²) in [6.07, 6.45) is 0.567. The summed E-state index contributed by atoms with van der Waals surface area (Å²) in [5.74, 6) is 0.248. The lowest BCUT2D eigenvalue weighted by Crippen LogP contribution is -2.25. The van der Waals surface area contributed by atoms with E-state index in [2.05, 4.69) is 20.7 Å². The van der Waals surface area contributed by atoms with Gasteiger partial charge < -0.3 is 14.9 Å². The maximum atomic E-state index is 12.1. The van der Waals surface area contributed by atoms with Gasteiger partial charge in [0.15, 0.2) is 11.5 Å². The minimum absolute atomic E-state index is 0.234. The molecule has 0 fully saturated rings. The van der Waals surface area contributed by atoms with Crippen molar-refractivity contribution in [2.24, 2.45) is 0 Å². The number of benzene rings is 1. The number of rotatable bonds is 7. The molecule has 0 aliphatic carbocycles. The molecule has 1 amide bonds. The molecule has 0 aliphatic rings. The molecule has 1 aromatic carbocycles. The molecular weight excluding hydrogens is 340 g/mol. The van der Waals surface area contributed by atoms with E-state index in [1.165, 1.54) is 11.3 Å². The number of amides is 1. The highest BCUT2D eigenvalue weighted by Crippen LogP contribution is 2.21. The molecule has 8 heteroatoms. The van der Waals surface area contributed by atoms with Crippen LogP contribution in [0, 0.1) is 0 Å². The van der Waals surface area contributed by atoms with E-state index in [0.29, 0.717) is 30.2 Å². The van der Waals surface area contributed by atoms with E-state index in [9.17, 15) is 9.90 Å². The fraction of sp³-hybridized carbons (Fsp3) is 0.294. The number of hydrogen-bond acceptors (Lipinski definition) is 7. The van der Waals surface area contributed by atoms with Gasteiger partial charge in [0.1, 0.15) is 16.1 Å². The summed E-state index contributed by atoms with van der Waals surface area (Å²) < 4.78 is 5.22. The Hall–Kier alpha value is -2.58. The van der Waals surface area contributed by atoms with Gasteiger partial charge in [0.25, 0.3) is 5.91 Å². The number of aliphatic hydroxyl groups excluding tert-OH is 1. The van der Waals surface area contributed by atoms with Crippen LogP contribution in [0.1, 0.15) is 40.0 Å². The maximum absolute atomic E-state index is 12.1. The van der Waals surface area contributed by atoms with Crippen LogP contribution in [-0.2, 0) is 6.42 Å². The maximum Gasteiger partial charge on any atom is 0.273 e. The van der Waals surface area contributed by atoms with Crippen LogP contribution in [0.4, 0.5) is 0 Å². The van der Waals surface area contributed by atoms with E-state index in [1.54, 1.807) is 6.07 Å². The van der Waals surface area contributed by atoms with Gasteiger partial charge in [-0.15, -0.1) is 10.2 Å². The van der Waals surface area contributed by atoms with Gasteiger partial charge in [0.2, 0.25) is 0 Å². The molecule has 130 valence electrons. The third-order valence-electron chi connectivity index (χ3n) is 3.58. The Morgan fingerprint density at radius 1 is 1.32 bits per heavy atom. The van der Waals surface area contributed by atoms with Crippen molar-refractivity contribution in [2.75, 3.05) is 6.54 Å². The topological polar surface area (TPSA) is 101 Å². The van der Waals surface area contributed by atoms with Gasteiger partial charge in [-0.05, 0) is 6.42 Å². The van der Waals surface area contributed by atoms with Gasteiger partial charge >= 0.3 is 0 Å². The highest BCUT2D eigenvalue weighted by atomic mass is 32.1. The lowest BCUT2D eigenvalue weighted by Gasteiger charge is -2.00. The first-order chi connectivity index (χ1) is 12.2. The van der Waals surface area contributed by atoms with E-state index < -0.39 is 6.10 Å². The van der Waals surface area contributed by atoms with Crippen molar-refractivity contribution in [1.29, 1.82) is 0 Å². The molecule has 1 atom stereocenters. The Bertz CT molecular complexity index is 831. The Morgan fingerprint density at radius 3 is 2.88 bits per heavy atom. The summed E-state index contributed by atoms with van der Waals surface area (Å²) >= 11 is 1.36. The standard InChI is InChI=1S/C17H18N4O3S/c1-2-13(22)17-20-19-15(25-17)8-9-18-16(23)12-10-14(24-21-12)11-6-4-3-5-7-11/h3-7,10,13,22H,2,8-9H2,1H3,(H,18,23)/t13-/m0/s1. The second kappa shape index (κ2) is 8.00. The summed E-state index contributed by atoms with van der Waals surface area (Å²) in [6, 6.07) is 11.1. The first-order valence-corrected chi connectivity index (χ1v) is 8.79. The Labute approximate surface area is 148 Å². The number of carbonyl (C=O) groups is 1. The fourth-order valence-electron chi connectivity index (χ4n) is 2.17. The van der Waals surface area contributed by atoms with Crippen LogP contribution in [0.25, 0.3) is 11.3 Å². The van der Waals surface area contributed by atoms with Crippen LogP contribution >= 0.6 is 11.3 Å². The quantitative estimate of drug-likeness (QED) is 0.673. The Morgan fingerprint density at radius 2 is 2.12 bits per heavy atom.